The zero-order valence-corrected chi connectivity index (χ0v) is 13.5. The highest BCUT2D eigenvalue weighted by Gasteiger charge is 2.05. The number of nitrogens with zero attached hydrogens (tertiary/aromatic N) is 5. The summed E-state index contributed by atoms with van der Waals surface area (Å²) in [7, 11) is 0. The molecule has 0 aliphatic heterocycles. The third-order valence-electron chi connectivity index (χ3n) is 2.93. The Hall–Kier alpha value is -2.74. The van der Waals surface area contributed by atoms with E-state index in [1.165, 1.54) is 6.33 Å². The normalized spacial score (nSPS) is 10.3. The van der Waals surface area contributed by atoms with Gasteiger partial charge in [-0.3, -0.25) is 0 Å². The van der Waals surface area contributed by atoms with E-state index < -0.39 is 0 Å². The molecule has 7 nitrogen and oxygen atoms in total. The second-order valence-corrected chi connectivity index (χ2v) is 5.42. The van der Waals surface area contributed by atoms with Crippen LogP contribution in [-0.4, -0.2) is 31.2 Å². The Morgan fingerprint density at radius 1 is 0.957 bits per heavy atom. The van der Waals surface area contributed by atoms with Gasteiger partial charge in [0, 0.05) is 24.2 Å². The van der Waals surface area contributed by atoms with Crippen molar-refractivity contribution in [2.45, 2.75) is 11.9 Å². The van der Waals surface area contributed by atoms with Crippen LogP contribution in [-0.2, 0) is 0 Å². The predicted molar refractivity (Wildman–Crippen MR) is 91.4 cm³/mol. The summed E-state index contributed by atoms with van der Waals surface area (Å²) in [5.74, 6) is 1.78. The Morgan fingerprint density at radius 3 is 2.57 bits per heavy atom. The molecule has 116 valence electrons. The van der Waals surface area contributed by atoms with Gasteiger partial charge in [0.05, 0.1) is 5.69 Å². The van der Waals surface area contributed by atoms with Crippen LogP contribution in [0, 0.1) is 6.92 Å². The lowest BCUT2D eigenvalue weighted by Crippen LogP contribution is -2.02. The molecule has 0 bridgehead atoms. The van der Waals surface area contributed by atoms with Gasteiger partial charge in [0.15, 0.2) is 0 Å². The van der Waals surface area contributed by atoms with Crippen LogP contribution in [0.15, 0.2) is 48.0 Å². The maximum Gasteiger partial charge on any atom is 0.228 e. The van der Waals surface area contributed by atoms with Crippen LogP contribution in [0.1, 0.15) is 5.69 Å². The monoisotopic (exact) mass is 325 g/mol. The van der Waals surface area contributed by atoms with Gasteiger partial charge in [0.2, 0.25) is 5.95 Å². The van der Waals surface area contributed by atoms with E-state index in [0.717, 1.165) is 16.4 Å². The average Bonchev–Trinajstić information content (AvgIpc) is 2.56. The number of thioether (sulfide) groups is 1. The zero-order valence-electron chi connectivity index (χ0n) is 12.7. The number of rotatable bonds is 5. The van der Waals surface area contributed by atoms with Crippen LogP contribution in [0.3, 0.4) is 0 Å². The lowest BCUT2D eigenvalue weighted by atomic mass is 10.4. The van der Waals surface area contributed by atoms with Crippen molar-refractivity contribution in [2.75, 3.05) is 16.9 Å². The van der Waals surface area contributed by atoms with Crippen molar-refractivity contribution in [1.29, 1.82) is 0 Å². The number of anilines is 4. The molecule has 0 unspecified atom stereocenters. The van der Waals surface area contributed by atoms with Gasteiger partial charge >= 0.3 is 0 Å². The first-order valence-corrected chi connectivity index (χ1v) is 8.12. The Labute approximate surface area is 138 Å². The first kappa shape index (κ1) is 15.2. The van der Waals surface area contributed by atoms with Crippen LogP contribution in [0.5, 0.6) is 0 Å². The minimum Gasteiger partial charge on any atom is -0.338 e. The molecule has 3 aromatic rings. The molecule has 3 aromatic heterocycles. The van der Waals surface area contributed by atoms with Gasteiger partial charge in [-0.1, -0.05) is 0 Å². The van der Waals surface area contributed by atoms with Crippen LogP contribution in [0.4, 0.5) is 23.3 Å². The molecule has 0 fully saturated rings. The molecule has 0 amide bonds. The molecule has 0 spiro atoms. The van der Waals surface area contributed by atoms with Crippen LogP contribution in [0.2, 0.25) is 0 Å². The summed E-state index contributed by atoms with van der Waals surface area (Å²) < 4.78 is 0. The van der Waals surface area contributed by atoms with E-state index in [0.29, 0.717) is 17.6 Å². The quantitative estimate of drug-likeness (QED) is 0.692. The summed E-state index contributed by atoms with van der Waals surface area (Å²) in [6.07, 6.45) is 6.93. The van der Waals surface area contributed by atoms with Crippen molar-refractivity contribution < 1.29 is 0 Å². The molecule has 8 heteroatoms. The summed E-state index contributed by atoms with van der Waals surface area (Å²) in [6.45, 7) is 1.91. The van der Waals surface area contributed by atoms with E-state index in [9.17, 15) is 0 Å². The van der Waals surface area contributed by atoms with Gasteiger partial charge < -0.3 is 10.6 Å². The van der Waals surface area contributed by atoms with Crippen molar-refractivity contribution in [2.24, 2.45) is 0 Å². The fraction of sp³-hybridized carbons (Fsp3) is 0.133. The van der Waals surface area contributed by atoms with Crippen molar-refractivity contribution in [1.82, 2.24) is 24.9 Å². The third kappa shape index (κ3) is 3.92. The van der Waals surface area contributed by atoms with E-state index >= 15 is 0 Å². The number of hydrogen-bond acceptors (Lipinski definition) is 8. The summed E-state index contributed by atoms with van der Waals surface area (Å²) in [4.78, 5) is 21.2. The Bertz CT molecular complexity index is 809. The fourth-order valence-corrected chi connectivity index (χ4v) is 2.41. The molecule has 0 aromatic carbocycles. The fourth-order valence-electron chi connectivity index (χ4n) is 1.90. The van der Waals surface area contributed by atoms with Crippen molar-refractivity contribution in [3.63, 3.8) is 0 Å². The van der Waals surface area contributed by atoms with Crippen LogP contribution < -0.4 is 10.6 Å². The summed E-state index contributed by atoms with van der Waals surface area (Å²) in [5, 5.41) is 7.22. The number of pyridine rings is 1. The topological polar surface area (TPSA) is 88.5 Å². The molecule has 0 atom stereocenters. The molecule has 0 aliphatic rings. The molecule has 0 saturated heterocycles. The van der Waals surface area contributed by atoms with E-state index in [-0.39, 0.29) is 0 Å². The zero-order chi connectivity index (χ0) is 16.1. The third-order valence-corrected chi connectivity index (χ3v) is 3.64. The highest BCUT2D eigenvalue weighted by atomic mass is 32.2. The smallest absolute Gasteiger partial charge is 0.228 e. The van der Waals surface area contributed by atoms with Gasteiger partial charge in [-0.25, -0.2) is 24.9 Å². The molecule has 3 heterocycles. The van der Waals surface area contributed by atoms with Gasteiger partial charge in [-0.2, -0.15) is 0 Å². The molecular formula is C15H15N7S. The van der Waals surface area contributed by atoms with Crippen molar-refractivity contribution in [3.05, 3.63) is 48.7 Å². The minimum absolute atomic E-state index is 0.501. The molecule has 3 rings (SSSR count). The van der Waals surface area contributed by atoms with E-state index in [1.807, 2.05) is 31.4 Å². The largest absolute Gasteiger partial charge is 0.338 e. The van der Waals surface area contributed by atoms with Gasteiger partial charge in [-0.05, 0) is 31.4 Å². The summed E-state index contributed by atoms with van der Waals surface area (Å²) in [6, 6.07) is 7.47. The second-order valence-electron chi connectivity index (χ2n) is 4.62. The molecule has 0 aliphatic carbocycles. The van der Waals surface area contributed by atoms with Crippen LogP contribution in [0.25, 0.3) is 0 Å². The van der Waals surface area contributed by atoms with Crippen molar-refractivity contribution >= 4 is 35.0 Å². The molecule has 0 saturated carbocycles. The number of nitrogens with one attached hydrogen (secondary N) is 2. The summed E-state index contributed by atoms with van der Waals surface area (Å²) in [5.41, 5.74) is 1.78. The first-order chi connectivity index (χ1) is 11.2. The van der Waals surface area contributed by atoms with Gasteiger partial charge in [-0.15, -0.1) is 11.8 Å². The molecule has 0 radical (unpaired) electrons. The molecular weight excluding hydrogens is 310 g/mol. The lowest BCUT2D eigenvalue weighted by molar-refractivity contribution is 1.08. The number of hydrogen-bond donors (Lipinski definition) is 2. The first-order valence-electron chi connectivity index (χ1n) is 6.89. The maximum atomic E-state index is 4.31. The lowest BCUT2D eigenvalue weighted by Gasteiger charge is -2.10. The average molecular weight is 325 g/mol. The number of aryl methyl sites for hydroxylation is 1. The van der Waals surface area contributed by atoms with Gasteiger partial charge in [0.25, 0.3) is 0 Å². The SMILES string of the molecule is CSc1ncccc1Nc1cc(Nc2nccc(C)n2)ncn1. The molecule has 23 heavy (non-hydrogen) atoms. The molecule has 2 N–H and O–H groups in total. The Morgan fingerprint density at radius 2 is 1.78 bits per heavy atom. The predicted octanol–water partition coefficient (Wildman–Crippen LogP) is 3.18. The second kappa shape index (κ2) is 7.01. The highest BCUT2D eigenvalue weighted by Crippen LogP contribution is 2.25. The Balaban J connectivity index is 1.80. The van der Waals surface area contributed by atoms with E-state index in [2.05, 4.69) is 35.6 Å². The minimum atomic E-state index is 0.501. The highest BCUT2D eigenvalue weighted by molar-refractivity contribution is 7.98. The van der Waals surface area contributed by atoms with Crippen LogP contribution >= 0.6 is 11.8 Å². The van der Waals surface area contributed by atoms with Gasteiger partial charge in [0.1, 0.15) is 23.0 Å². The Kier molecular flexibility index (Phi) is 4.62. The summed E-state index contributed by atoms with van der Waals surface area (Å²) >= 11 is 1.57. The van der Waals surface area contributed by atoms with E-state index in [4.69, 9.17) is 0 Å². The number of aromatic nitrogens is 5. The standard InChI is InChI=1S/C15H15N7S/c1-10-5-7-17-15(20-10)22-13-8-12(18-9-19-13)21-11-4-3-6-16-14(11)23-2/h3-9H,1-2H3,(H2,17,18,19,20,21,22). The maximum absolute atomic E-state index is 4.31. The van der Waals surface area contributed by atoms with Crippen molar-refractivity contribution in [3.8, 4) is 0 Å². The van der Waals surface area contributed by atoms with E-state index in [1.54, 1.807) is 30.2 Å².